The van der Waals surface area contributed by atoms with Crippen molar-refractivity contribution < 1.29 is 14.1 Å². The molecule has 2 aliphatic rings. The molecule has 1 atom stereocenters. The van der Waals surface area contributed by atoms with Gasteiger partial charge in [-0.1, -0.05) is 16.8 Å². The molecule has 0 unspecified atom stereocenters. The molecule has 3 aromatic heterocycles. The minimum atomic E-state index is -0.335. The minimum absolute atomic E-state index is 0.134. The van der Waals surface area contributed by atoms with Crippen LogP contribution in [0.1, 0.15) is 39.4 Å². The predicted molar refractivity (Wildman–Crippen MR) is 154 cm³/mol. The maximum Gasteiger partial charge on any atom is 0.319 e. The van der Waals surface area contributed by atoms with Gasteiger partial charge < -0.3 is 30.7 Å². The summed E-state index contributed by atoms with van der Waals surface area (Å²) >= 11 is 6.36. The molecule has 0 radical (unpaired) electrons. The van der Waals surface area contributed by atoms with Crippen LogP contribution in [0.2, 0.25) is 5.02 Å². The number of amides is 3. The van der Waals surface area contributed by atoms with Crippen molar-refractivity contribution in [1.29, 1.82) is 0 Å². The van der Waals surface area contributed by atoms with Crippen LogP contribution in [0.15, 0.2) is 47.4 Å². The fourth-order valence-electron chi connectivity index (χ4n) is 5.11. The highest BCUT2D eigenvalue weighted by atomic mass is 35.5. The number of carbonyl (C=O) groups excluding carboxylic acids is 2. The summed E-state index contributed by atoms with van der Waals surface area (Å²) in [5, 5.41) is 16.7. The first-order valence-corrected chi connectivity index (χ1v) is 13.6. The van der Waals surface area contributed by atoms with Crippen molar-refractivity contribution in [2.75, 3.05) is 29.0 Å². The first-order chi connectivity index (χ1) is 19.8. The number of hydrogen-bond donors (Lipinski definition) is 4. The van der Waals surface area contributed by atoms with Crippen LogP contribution in [0, 0.1) is 13.8 Å². The van der Waals surface area contributed by atoms with Gasteiger partial charge in [-0.3, -0.25) is 9.78 Å². The molecule has 210 valence electrons. The van der Waals surface area contributed by atoms with Crippen molar-refractivity contribution in [1.82, 2.24) is 30.3 Å². The van der Waals surface area contributed by atoms with Gasteiger partial charge in [0.05, 0.1) is 23.8 Å². The largest absolute Gasteiger partial charge is 0.361 e. The molecule has 3 amide bonds. The summed E-state index contributed by atoms with van der Waals surface area (Å²) in [7, 11) is 0. The molecule has 1 saturated heterocycles. The fraction of sp³-hybridized carbons (Fsp3) is 0.286. The summed E-state index contributed by atoms with van der Waals surface area (Å²) in [5.41, 5.74) is 5.21. The Bertz CT molecular complexity index is 1620. The Hall–Kier alpha value is -4.71. The third kappa shape index (κ3) is 5.78. The summed E-state index contributed by atoms with van der Waals surface area (Å²) in [6.07, 6.45) is 7.05. The number of likely N-dealkylation sites (tertiary alicyclic amines) is 1. The van der Waals surface area contributed by atoms with Crippen molar-refractivity contribution in [3.05, 3.63) is 76.0 Å². The number of urea groups is 1. The lowest BCUT2D eigenvalue weighted by molar-refractivity contribution is 0.0787. The predicted octanol–water partition coefficient (Wildman–Crippen LogP) is 4.75. The second-order valence-corrected chi connectivity index (χ2v) is 10.5. The van der Waals surface area contributed by atoms with E-state index in [1.807, 2.05) is 30.5 Å². The van der Waals surface area contributed by atoms with Gasteiger partial charge in [0.2, 0.25) is 5.95 Å². The number of carbonyl (C=O) groups is 2. The molecule has 0 spiro atoms. The molecule has 13 heteroatoms. The van der Waals surface area contributed by atoms with Crippen LogP contribution in [-0.4, -0.2) is 56.1 Å². The van der Waals surface area contributed by atoms with Crippen LogP contribution in [-0.2, 0) is 12.8 Å². The zero-order valence-corrected chi connectivity index (χ0v) is 23.2. The van der Waals surface area contributed by atoms with Gasteiger partial charge in [0.25, 0.3) is 5.91 Å². The highest BCUT2D eigenvalue weighted by Gasteiger charge is 2.31. The average molecular weight is 574 g/mol. The third-order valence-corrected chi connectivity index (χ3v) is 7.43. The molecule has 41 heavy (non-hydrogen) atoms. The van der Waals surface area contributed by atoms with Crippen molar-refractivity contribution in [3.63, 3.8) is 0 Å². The van der Waals surface area contributed by atoms with Crippen LogP contribution >= 0.6 is 11.6 Å². The summed E-state index contributed by atoms with van der Waals surface area (Å²) in [4.78, 5) is 40.9. The first kappa shape index (κ1) is 26.5. The number of aromatic nitrogens is 4. The Morgan fingerprint density at radius 2 is 1.98 bits per heavy atom. The van der Waals surface area contributed by atoms with E-state index in [1.54, 1.807) is 24.9 Å². The van der Waals surface area contributed by atoms with Gasteiger partial charge in [0, 0.05) is 36.7 Å². The van der Waals surface area contributed by atoms with Gasteiger partial charge >= 0.3 is 6.03 Å². The monoisotopic (exact) mass is 573 g/mol. The van der Waals surface area contributed by atoms with Crippen molar-refractivity contribution in [3.8, 4) is 0 Å². The lowest BCUT2D eigenvalue weighted by atomic mass is 10.0. The lowest BCUT2D eigenvalue weighted by Crippen LogP contribution is -2.40. The Morgan fingerprint density at radius 3 is 2.80 bits per heavy atom. The summed E-state index contributed by atoms with van der Waals surface area (Å²) < 4.78 is 5.15. The fourth-order valence-corrected chi connectivity index (χ4v) is 5.24. The van der Waals surface area contributed by atoms with Crippen LogP contribution < -0.4 is 21.3 Å². The molecule has 1 aromatic carbocycles. The molecule has 6 rings (SSSR count). The van der Waals surface area contributed by atoms with E-state index in [-0.39, 0.29) is 18.0 Å². The van der Waals surface area contributed by atoms with E-state index in [9.17, 15) is 9.59 Å². The van der Waals surface area contributed by atoms with Crippen LogP contribution in [0.3, 0.4) is 0 Å². The standard InChI is InChI=1S/C28H28ClN9O3/c1-15-24(16(2)41-37-15)26(39)38-8-7-20(14-38)34-28(40)35-23-6-5-19-10-18(23)4-3-17-9-21(12-30-11-17)33-27-31-13-22(29)25(32-19)36-27/h5-6,9-13,20H,3-4,7-8,14H2,1-2H3,(H2,34,35,40)(H2,31,32,33,36)/t20-/m0/s1. The molecule has 6 bridgehead atoms. The third-order valence-electron chi connectivity index (χ3n) is 7.15. The first-order valence-electron chi connectivity index (χ1n) is 13.3. The number of rotatable bonds is 3. The van der Waals surface area contributed by atoms with E-state index >= 15 is 0 Å². The Balaban J connectivity index is 1.18. The van der Waals surface area contributed by atoms with Gasteiger partial charge in [0.1, 0.15) is 16.3 Å². The summed E-state index contributed by atoms with van der Waals surface area (Å²) in [6.45, 7) is 4.42. The minimum Gasteiger partial charge on any atom is -0.361 e. The van der Waals surface area contributed by atoms with Crippen LogP contribution in [0.4, 0.5) is 33.6 Å². The van der Waals surface area contributed by atoms with E-state index in [0.717, 1.165) is 22.5 Å². The molecule has 0 aliphatic carbocycles. The van der Waals surface area contributed by atoms with Gasteiger partial charge in [-0.15, -0.1) is 0 Å². The number of benzene rings is 1. The summed E-state index contributed by atoms with van der Waals surface area (Å²) in [5.74, 6) is 1.21. The number of halogens is 1. The molecular formula is C28H28ClN9O3. The molecular weight excluding hydrogens is 546 g/mol. The van der Waals surface area contributed by atoms with Crippen molar-refractivity contribution in [2.24, 2.45) is 0 Å². The molecule has 0 saturated carbocycles. The lowest BCUT2D eigenvalue weighted by Gasteiger charge is -2.18. The Morgan fingerprint density at radius 1 is 1.10 bits per heavy atom. The van der Waals surface area contributed by atoms with Gasteiger partial charge in [-0.2, -0.15) is 4.98 Å². The van der Waals surface area contributed by atoms with E-state index in [1.165, 1.54) is 6.20 Å². The smallest absolute Gasteiger partial charge is 0.319 e. The Labute approximate surface area is 240 Å². The van der Waals surface area contributed by atoms with Crippen molar-refractivity contribution >= 4 is 52.4 Å². The van der Waals surface area contributed by atoms with Gasteiger partial charge in [-0.05, 0) is 68.5 Å². The molecule has 2 aliphatic heterocycles. The topological polar surface area (TPSA) is 150 Å². The number of fused-ring (bicyclic) bond motifs is 6. The number of nitrogens with one attached hydrogen (secondary N) is 4. The number of pyridine rings is 1. The van der Waals surface area contributed by atoms with E-state index in [0.29, 0.717) is 71.8 Å². The SMILES string of the molecule is Cc1noc(C)c1C(=O)N1CC[C@H](NC(=O)Nc2ccc3cc2CCc2cncc(c2)Nc2ncc(Cl)c(n2)N3)C1. The van der Waals surface area contributed by atoms with Crippen molar-refractivity contribution in [2.45, 2.75) is 39.2 Å². The maximum absolute atomic E-state index is 13.1. The van der Waals surface area contributed by atoms with Gasteiger partial charge in [0.15, 0.2) is 5.82 Å². The zero-order chi connectivity index (χ0) is 28.5. The van der Waals surface area contributed by atoms with Crippen LogP contribution in [0.5, 0.6) is 0 Å². The number of nitrogens with zero attached hydrogens (tertiary/aromatic N) is 5. The van der Waals surface area contributed by atoms with E-state index in [4.69, 9.17) is 16.1 Å². The summed E-state index contributed by atoms with van der Waals surface area (Å²) in [6, 6.07) is 7.15. The van der Waals surface area contributed by atoms with E-state index in [2.05, 4.69) is 41.4 Å². The highest BCUT2D eigenvalue weighted by molar-refractivity contribution is 6.32. The molecule has 4 aromatic rings. The highest BCUT2D eigenvalue weighted by Crippen LogP contribution is 2.29. The molecule has 5 heterocycles. The number of aryl methyl sites for hydroxylation is 4. The zero-order valence-electron chi connectivity index (χ0n) is 22.5. The molecule has 1 fully saturated rings. The van der Waals surface area contributed by atoms with E-state index < -0.39 is 0 Å². The second kappa shape index (κ2) is 11.0. The Kier molecular flexibility index (Phi) is 7.14. The second-order valence-electron chi connectivity index (χ2n) is 10.1. The van der Waals surface area contributed by atoms with Crippen LogP contribution in [0.25, 0.3) is 0 Å². The number of anilines is 5. The average Bonchev–Trinajstić information content (AvgIpc) is 3.55. The molecule has 12 nitrogen and oxygen atoms in total. The quantitative estimate of drug-likeness (QED) is 0.272. The number of hydrogen-bond acceptors (Lipinski definition) is 9. The maximum atomic E-state index is 13.1. The van der Waals surface area contributed by atoms with Gasteiger partial charge in [-0.25, -0.2) is 9.78 Å². The molecule has 4 N–H and O–H groups in total. The normalized spacial score (nSPS) is 16.0.